The summed E-state index contributed by atoms with van der Waals surface area (Å²) in [7, 11) is 0. The molecule has 4 heteroatoms. The summed E-state index contributed by atoms with van der Waals surface area (Å²) in [6.45, 7) is 3.81. The van der Waals surface area contributed by atoms with Crippen molar-refractivity contribution < 1.29 is 4.74 Å². The van der Waals surface area contributed by atoms with E-state index in [1.807, 2.05) is 18.4 Å². The van der Waals surface area contributed by atoms with Crippen molar-refractivity contribution in [3.63, 3.8) is 0 Å². The molecule has 0 spiro atoms. The number of hydrogen-bond acceptors (Lipinski definition) is 2. The van der Waals surface area contributed by atoms with Crippen molar-refractivity contribution in [3.05, 3.63) is 45.1 Å². The molecule has 0 amide bonds. The van der Waals surface area contributed by atoms with E-state index in [9.17, 15) is 0 Å². The summed E-state index contributed by atoms with van der Waals surface area (Å²) in [6, 6.07) is 6.10. The minimum absolute atomic E-state index is 0.139. The van der Waals surface area contributed by atoms with E-state index in [-0.39, 0.29) is 6.04 Å². The molecule has 1 N–H and O–H groups in total. The normalized spacial score (nSPS) is 16.9. The van der Waals surface area contributed by atoms with Gasteiger partial charge >= 0.3 is 0 Å². The van der Waals surface area contributed by atoms with Crippen molar-refractivity contribution in [3.8, 4) is 0 Å². The molecule has 98 valence electrons. The van der Waals surface area contributed by atoms with Crippen molar-refractivity contribution in [1.82, 2.24) is 5.32 Å². The van der Waals surface area contributed by atoms with E-state index in [1.165, 1.54) is 5.57 Å². The molecule has 2 rings (SSSR count). The molecule has 1 aromatic rings. The maximum Gasteiger partial charge on any atom is 0.0876 e. The molecule has 0 aromatic heterocycles. The maximum atomic E-state index is 6.32. The van der Waals surface area contributed by atoms with Gasteiger partial charge in [-0.2, -0.15) is 0 Å². The van der Waals surface area contributed by atoms with Crippen LogP contribution in [0.5, 0.6) is 0 Å². The molecule has 2 nitrogen and oxygen atoms in total. The van der Waals surface area contributed by atoms with Gasteiger partial charge in [-0.1, -0.05) is 34.5 Å². The Labute approximate surface area is 121 Å². The molecular weight excluding hydrogens is 314 g/mol. The Morgan fingerprint density at radius 2 is 2.33 bits per heavy atom. The first-order chi connectivity index (χ1) is 8.72. The predicted octanol–water partition coefficient (Wildman–Crippen LogP) is 4.45. The molecule has 1 aromatic carbocycles. The standard InChI is InChI=1S/C14H17BrClNO/c1-2-17-14(10-4-3-7-18-9-10)12-8-11(15)5-6-13(12)16/h5-6,8-9,14,17H,2-4,7H2,1H3. The number of likely N-dealkylation sites (N-methyl/N-ethyl adjacent to an activating group) is 1. The summed E-state index contributed by atoms with van der Waals surface area (Å²) in [5.41, 5.74) is 2.37. The van der Waals surface area contributed by atoms with Crippen LogP contribution in [-0.4, -0.2) is 13.2 Å². The van der Waals surface area contributed by atoms with Crippen LogP contribution in [0.25, 0.3) is 0 Å². The van der Waals surface area contributed by atoms with Crippen LogP contribution in [0.15, 0.2) is 34.5 Å². The van der Waals surface area contributed by atoms with Gasteiger partial charge in [-0.25, -0.2) is 0 Å². The van der Waals surface area contributed by atoms with Gasteiger partial charge in [0, 0.05) is 9.50 Å². The lowest BCUT2D eigenvalue weighted by atomic mass is 9.95. The van der Waals surface area contributed by atoms with Gasteiger partial charge < -0.3 is 10.1 Å². The minimum Gasteiger partial charge on any atom is -0.501 e. The number of halogens is 2. The summed E-state index contributed by atoms with van der Waals surface area (Å²) in [5, 5.41) is 4.27. The van der Waals surface area contributed by atoms with E-state index < -0.39 is 0 Å². The smallest absolute Gasteiger partial charge is 0.0876 e. The minimum atomic E-state index is 0.139. The summed E-state index contributed by atoms with van der Waals surface area (Å²) in [6.07, 6.45) is 4.01. The Balaban J connectivity index is 2.34. The third kappa shape index (κ3) is 3.28. The highest BCUT2D eigenvalue weighted by atomic mass is 79.9. The van der Waals surface area contributed by atoms with Gasteiger partial charge in [0.05, 0.1) is 18.9 Å². The topological polar surface area (TPSA) is 21.3 Å². The van der Waals surface area contributed by atoms with Crippen LogP contribution < -0.4 is 5.32 Å². The van der Waals surface area contributed by atoms with E-state index in [0.29, 0.717) is 0 Å². The zero-order valence-corrected chi connectivity index (χ0v) is 12.7. The van der Waals surface area contributed by atoms with E-state index >= 15 is 0 Å². The number of rotatable bonds is 4. The second-order valence-corrected chi connectivity index (χ2v) is 5.65. The van der Waals surface area contributed by atoms with Crippen molar-refractivity contribution >= 4 is 27.5 Å². The van der Waals surface area contributed by atoms with Gasteiger partial charge in [-0.3, -0.25) is 0 Å². The fourth-order valence-corrected chi connectivity index (χ4v) is 2.78. The molecule has 18 heavy (non-hydrogen) atoms. The molecule has 0 saturated carbocycles. The maximum absolute atomic E-state index is 6.32. The van der Waals surface area contributed by atoms with Crippen molar-refractivity contribution in [2.24, 2.45) is 0 Å². The van der Waals surface area contributed by atoms with E-state index in [1.54, 1.807) is 0 Å². The quantitative estimate of drug-likeness (QED) is 0.881. The third-order valence-electron chi connectivity index (χ3n) is 3.01. The summed E-state index contributed by atoms with van der Waals surface area (Å²) in [5.74, 6) is 0. The SMILES string of the molecule is CCNC(C1=COCCC1)c1cc(Br)ccc1Cl. The lowest BCUT2D eigenvalue weighted by Gasteiger charge is -2.25. The fraction of sp³-hybridized carbons (Fsp3) is 0.429. The van der Waals surface area contributed by atoms with Crippen molar-refractivity contribution in [2.45, 2.75) is 25.8 Å². The first-order valence-electron chi connectivity index (χ1n) is 6.21. The fourth-order valence-electron chi connectivity index (χ4n) is 2.18. The van der Waals surface area contributed by atoms with Crippen LogP contribution in [0.1, 0.15) is 31.4 Å². The molecule has 0 fully saturated rings. The van der Waals surface area contributed by atoms with E-state index in [2.05, 4.69) is 34.2 Å². The van der Waals surface area contributed by atoms with E-state index in [4.69, 9.17) is 16.3 Å². The molecule has 0 aliphatic carbocycles. The number of ether oxygens (including phenoxy) is 1. The van der Waals surface area contributed by atoms with Crippen molar-refractivity contribution in [1.29, 1.82) is 0 Å². The van der Waals surface area contributed by atoms with Crippen LogP contribution in [0.3, 0.4) is 0 Å². The Morgan fingerprint density at radius 3 is 3.00 bits per heavy atom. The monoisotopic (exact) mass is 329 g/mol. The van der Waals surface area contributed by atoms with Gasteiger partial charge in [-0.05, 0) is 48.7 Å². The van der Waals surface area contributed by atoms with E-state index in [0.717, 1.165) is 41.1 Å². The third-order valence-corrected chi connectivity index (χ3v) is 3.85. The second kappa shape index (κ2) is 6.60. The highest BCUT2D eigenvalue weighted by molar-refractivity contribution is 9.10. The molecular formula is C14H17BrClNO. The van der Waals surface area contributed by atoms with Crippen LogP contribution in [-0.2, 0) is 4.74 Å². The van der Waals surface area contributed by atoms with Gasteiger partial charge in [0.25, 0.3) is 0 Å². The number of hydrogen-bond donors (Lipinski definition) is 1. The largest absolute Gasteiger partial charge is 0.501 e. The first-order valence-corrected chi connectivity index (χ1v) is 7.38. The Bertz CT molecular complexity index is 447. The zero-order chi connectivity index (χ0) is 13.0. The molecule has 1 aliphatic rings. The molecule has 1 heterocycles. The van der Waals surface area contributed by atoms with Crippen LogP contribution >= 0.6 is 27.5 Å². The Morgan fingerprint density at radius 1 is 1.50 bits per heavy atom. The molecule has 1 unspecified atom stereocenters. The van der Waals surface area contributed by atoms with Crippen LogP contribution in [0, 0.1) is 0 Å². The Kier molecular flexibility index (Phi) is 5.10. The molecule has 0 radical (unpaired) electrons. The second-order valence-electron chi connectivity index (χ2n) is 4.32. The van der Waals surface area contributed by atoms with Gasteiger partial charge in [-0.15, -0.1) is 0 Å². The summed E-state index contributed by atoms with van der Waals surface area (Å²) in [4.78, 5) is 0. The summed E-state index contributed by atoms with van der Waals surface area (Å²) < 4.78 is 6.49. The van der Waals surface area contributed by atoms with Crippen molar-refractivity contribution in [2.75, 3.05) is 13.2 Å². The lowest BCUT2D eigenvalue weighted by molar-refractivity contribution is 0.219. The average molecular weight is 331 g/mol. The molecule has 1 aliphatic heterocycles. The van der Waals surface area contributed by atoms with Gasteiger partial charge in [0.1, 0.15) is 0 Å². The van der Waals surface area contributed by atoms with Gasteiger partial charge in [0.2, 0.25) is 0 Å². The zero-order valence-electron chi connectivity index (χ0n) is 10.4. The highest BCUT2D eigenvalue weighted by Crippen LogP contribution is 2.33. The number of nitrogens with one attached hydrogen (secondary N) is 1. The van der Waals surface area contributed by atoms with Gasteiger partial charge in [0.15, 0.2) is 0 Å². The van der Waals surface area contributed by atoms with Crippen LogP contribution in [0.4, 0.5) is 0 Å². The van der Waals surface area contributed by atoms with Crippen LogP contribution in [0.2, 0.25) is 5.02 Å². The average Bonchev–Trinajstić information content (AvgIpc) is 2.40. The first kappa shape index (κ1) is 13.9. The summed E-state index contributed by atoms with van der Waals surface area (Å²) >= 11 is 9.82. The molecule has 1 atom stereocenters. The predicted molar refractivity (Wildman–Crippen MR) is 78.8 cm³/mol. The highest BCUT2D eigenvalue weighted by Gasteiger charge is 2.20. The molecule has 0 bridgehead atoms. The lowest BCUT2D eigenvalue weighted by Crippen LogP contribution is -2.24. The molecule has 0 saturated heterocycles. The Hall–Kier alpha value is -0.510. The number of benzene rings is 1.